The van der Waals surface area contributed by atoms with Gasteiger partial charge < -0.3 is 10.2 Å². The zero-order valence-electron chi connectivity index (χ0n) is 12.5. The Bertz CT molecular complexity index is 657. The normalized spacial score (nSPS) is 15.0. The molecule has 0 spiro atoms. The summed E-state index contributed by atoms with van der Waals surface area (Å²) in [6, 6.07) is 4.28. The highest BCUT2D eigenvalue weighted by atomic mass is 35.5. The van der Waals surface area contributed by atoms with E-state index in [0.717, 1.165) is 56.5 Å². The number of benzene rings is 1. The molecule has 3 nitrogen and oxygen atoms in total. The van der Waals surface area contributed by atoms with E-state index >= 15 is 0 Å². The number of aryl methyl sites for hydroxylation is 1. The van der Waals surface area contributed by atoms with Gasteiger partial charge in [-0.3, -0.25) is 0 Å². The average Bonchev–Trinajstić information content (AvgIpc) is 2.48. The minimum atomic E-state index is -0.584. The van der Waals surface area contributed by atoms with Crippen LogP contribution in [0.3, 0.4) is 0 Å². The Labute approximate surface area is 135 Å². The number of pyridine rings is 1. The van der Waals surface area contributed by atoms with Gasteiger partial charge in [0.1, 0.15) is 11.3 Å². The zero-order chi connectivity index (χ0) is 14.8. The van der Waals surface area contributed by atoms with Crippen molar-refractivity contribution in [3.8, 4) is 0 Å². The van der Waals surface area contributed by atoms with Crippen LogP contribution in [0.2, 0.25) is 0 Å². The van der Waals surface area contributed by atoms with Crippen molar-refractivity contribution in [3.05, 3.63) is 35.5 Å². The molecule has 1 aliphatic rings. The Balaban J connectivity index is 0.00000176. The molecule has 1 saturated heterocycles. The minimum absolute atomic E-state index is 0. The maximum Gasteiger partial charge on any atom is 0.152 e. The largest absolute Gasteiger partial charge is 0.368 e. The number of anilines is 1. The van der Waals surface area contributed by atoms with Crippen LogP contribution < -0.4 is 10.2 Å². The van der Waals surface area contributed by atoms with Gasteiger partial charge in [0.05, 0.1) is 0 Å². The van der Waals surface area contributed by atoms with E-state index < -0.39 is 11.6 Å². The van der Waals surface area contributed by atoms with Crippen molar-refractivity contribution < 1.29 is 8.78 Å². The summed E-state index contributed by atoms with van der Waals surface area (Å²) in [5, 5.41) is 3.85. The molecule has 0 radical (unpaired) electrons. The third-order valence-electron chi connectivity index (χ3n) is 3.83. The van der Waals surface area contributed by atoms with E-state index in [4.69, 9.17) is 0 Å². The number of hydrogen-bond donors (Lipinski definition) is 1. The summed E-state index contributed by atoms with van der Waals surface area (Å²) in [4.78, 5) is 6.56. The molecule has 0 atom stereocenters. The van der Waals surface area contributed by atoms with E-state index in [0.29, 0.717) is 5.39 Å². The molecule has 120 valence electrons. The molecule has 0 aliphatic carbocycles. The highest BCUT2D eigenvalue weighted by Gasteiger charge is 2.17. The third-order valence-corrected chi connectivity index (χ3v) is 3.83. The van der Waals surface area contributed by atoms with E-state index in [1.165, 1.54) is 6.07 Å². The fourth-order valence-electron chi connectivity index (χ4n) is 2.84. The maximum atomic E-state index is 14.1. The first-order valence-corrected chi connectivity index (χ1v) is 7.43. The highest BCUT2D eigenvalue weighted by molar-refractivity contribution is 5.92. The van der Waals surface area contributed by atoms with Gasteiger partial charge in [0.15, 0.2) is 5.82 Å². The fraction of sp³-hybridized carbons (Fsp3) is 0.438. The van der Waals surface area contributed by atoms with Crippen LogP contribution in [0.5, 0.6) is 0 Å². The summed E-state index contributed by atoms with van der Waals surface area (Å²) in [5.41, 5.74) is 2.03. The molecule has 1 fully saturated rings. The van der Waals surface area contributed by atoms with Gasteiger partial charge in [-0.05, 0) is 18.6 Å². The van der Waals surface area contributed by atoms with Crippen LogP contribution in [0.25, 0.3) is 10.9 Å². The van der Waals surface area contributed by atoms with Gasteiger partial charge in [-0.1, -0.05) is 13.3 Å². The van der Waals surface area contributed by atoms with Crippen molar-refractivity contribution in [2.24, 2.45) is 0 Å². The van der Waals surface area contributed by atoms with Crippen LogP contribution >= 0.6 is 12.4 Å². The van der Waals surface area contributed by atoms with E-state index in [1.54, 1.807) is 0 Å². The molecule has 2 aromatic rings. The Morgan fingerprint density at radius 3 is 2.59 bits per heavy atom. The van der Waals surface area contributed by atoms with Crippen molar-refractivity contribution in [3.63, 3.8) is 0 Å². The Hall–Kier alpha value is -1.46. The molecule has 0 amide bonds. The van der Waals surface area contributed by atoms with Crippen molar-refractivity contribution >= 4 is 29.0 Å². The lowest BCUT2D eigenvalue weighted by Crippen LogP contribution is -2.43. The van der Waals surface area contributed by atoms with Gasteiger partial charge in [0.2, 0.25) is 0 Å². The lowest BCUT2D eigenvalue weighted by molar-refractivity contribution is 0.585. The van der Waals surface area contributed by atoms with E-state index in [9.17, 15) is 8.78 Å². The smallest absolute Gasteiger partial charge is 0.152 e. The number of hydrogen-bond acceptors (Lipinski definition) is 3. The SMILES string of the molecule is CCCc1cc(N2CCNCC2)c2cc(F)cc(F)c2n1.Cl. The molecule has 0 saturated carbocycles. The molecular weight excluding hydrogens is 308 g/mol. The standard InChI is InChI=1S/C16H19F2N3.ClH/c1-2-3-12-10-15(21-6-4-19-5-7-21)13-8-11(17)9-14(18)16(13)20-12;/h8-10,19H,2-7H2,1H3;1H. The molecule has 6 heteroatoms. The molecule has 1 aliphatic heterocycles. The molecule has 0 unspecified atom stereocenters. The lowest BCUT2D eigenvalue weighted by atomic mass is 10.1. The Kier molecular flexibility index (Phi) is 5.53. The van der Waals surface area contributed by atoms with E-state index in [1.807, 2.05) is 6.07 Å². The number of nitrogens with one attached hydrogen (secondary N) is 1. The van der Waals surface area contributed by atoms with Crippen molar-refractivity contribution in [1.29, 1.82) is 0 Å². The Morgan fingerprint density at radius 1 is 1.18 bits per heavy atom. The first-order valence-electron chi connectivity index (χ1n) is 7.43. The monoisotopic (exact) mass is 327 g/mol. The third kappa shape index (κ3) is 3.31. The number of aromatic nitrogens is 1. The molecule has 1 N–H and O–H groups in total. The molecule has 22 heavy (non-hydrogen) atoms. The minimum Gasteiger partial charge on any atom is -0.368 e. The van der Waals surface area contributed by atoms with Gasteiger partial charge in [-0.15, -0.1) is 12.4 Å². The van der Waals surface area contributed by atoms with Crippen LogP contribution in [-0.4, -0.2) is 31.2 Å². The second-order valence-corrected chi connectivity index (χ2v) is 5.40. The highest BCUT2D eigenvalue weighted by Crippen LogP contribution is 2.30. The van der Waals surface area contributed by atoms with Crippen molar-refractivity contribution in [2.45, 2.75) is 19.8 Å². The first kappa shape index (κ1) is 16.9. The molecule has 1 aromatic carbocycles. The second-order valence-electron chi connectivity index (χ2n) is 5.40. The molecule has 0 bridgehead atoms. The van der Waals surface area contributed by atoms with Crippen molar-refractivity contribution in [2.75, 3.05) is 31.1 Å². The molecule has 1 aromatic heterocycles. The van der Waals surface area contributed by atoms with Gasteiger partial charge in [-0.2, -0.15) is 0 Å². The fourth-order valence-corrected chi connectivity index (χ4v) is 2.84. The Morgan fingerprint density at radius 2 is 1.91 bits per heavy atom. The van der Waals surface area contributed by atoms with E-state index in [2.05, 4.69) is 22.1 Å². The molecule has 3 rings (SSSR count). The van der Waals surface area contributed by atoms with Gasteiger partial charge in [-0.25, -0.2) is 13.8 Å². The van der Waals surface area contributed by atoms with Crippen LogP contribution in [0.15, 0.2) is 18.2 Å². The van der Waals surface area contributed by atoms with Crippen LogP contribution in [-0.2, 0) is 6.42 Å². The number of piperazine rings is 1. The summed E-state index contributed by atoms with van der Waals surface area (Å²) < 4.78 is 27.7. The first-order chi connectivity index (χ1) is 10.2. The quantitative estimate of drug-likeness (QED) is 0.937. The summed E-state index contributed by atoms with van der Waals surface area (Å²) in [6.45, 7) is 5.50. The lowest BCUT2D eigenvalue weighted by Gasteiger charge is -2.30. The predicted octanol–water partition coefficient (Wildman–Crippen LogP) is 3.30. The number of nitrogens with zero attached hydrogens (tertiary/aromatic N) is 2. The van der Waals surface area contributed by atoms with Crippen LogP contribution in [0.4, 0.5) is 14.5 Å². The molecule has 2 heterocycles. The maximum absolute atomic E-state index is 14.1. The van der Waals surface area contributed by atoms with Crippen LogP contribution in [0, 0.1) is 11.6 Å². The number of halogens is 3. The number of rotatable bonds is 3. The summed E-state index contributed by atoms with van der Waals surface area (Å²) in [7, 11) is 0. The predicted molar refractivity (Wildman–Crippen MR) is 88.0 cm³/mol. The van der Waals surface area contributed by atoms with E-state index in [-0.39, 0.29) is 17.9 Å². The summed E-state index contributed by atoms with van der Waals surface area (Å²) in [5.74, 6) is -1.14. The topological polar surface area (TPSA) is 28.2 Å². The van der Waals surface area contributed by atoms with Crippen molar-refractivity contribution in [1.82, 2.24) is 10.3 Å². The van der Waals surface area contributed by atoms with Crippen LogP contribution in [0.1, 0.15) is 19.0 Å². The average molecular weight is 328 g/mol. The van der Waals surface area contributed by atoms with Gasteiger partial charge >= 0.3 is 0 Å². The summed E-state index contributed by atoms with van der Waals surface area (Å²) >= 11 is 0. The van der Waals surface area contributed by atoms with Gasteiger partial charge in [0, 0.05) is 49.0 Å². The number of fused-ring (bicyclic) bond motifs is 1. The summed E-state index contributed by atoms with van der Waals surface area (Å²) in [6.07, 6.45) is 1.74. The van der Waals surface area contributed by atoms with Gasteiger partial charge in [0.25, 0.3) is 0 Å². The second kappa shape index (κ2) is 7.20. The molecular formula is C16H20ClF2N3. The zero-order valence-corrected chi connectivity index (χ0v) is 13.3.